The van der Waals surface area contributed by atoms with Crippen LogP contribution in [0.4, 0.5) is 10.1 Å². The molecule has 0 bridgehead atoms. The van der Waals surface area contributed by atoms with E-state index < -0.39 is 21.7 Å². The van der Waals surface area contributed by atoms with Gasteiger partial charge in [0.1, 0.15) is 4.90 Å². The molecule has 0 atom stereocenters. The van der Waals surface area contributed by atoms with Crippen LogP contribution in [0.25, 0.3) is 0 Å². The number of amides is 1. The Morgan fingerprint density at radius 1 is 0.966 bits per heavy atom. The summed E-state index contributed by atoms with van der Waals surface area (Å²) >= 11 is 23.6. The second kappa shape index (κ2) is 8.93. The van der Waals surface area contributed by atoms with E-state index in [0.717, 1.165) is 18.2 Å². The molecule has 0 aliphatic carbocycles. The Labute approximate surface area is 186 Å². The van der Waals surface area contributed by atoms with Gasteiger partial charge in [0.25, 0.3) is 5.91 Å². The van der Waals surface area contributed by atoms with Crippen molar-refractivity contribution in [1.29, 1.82) is 0 Å². The van der Waals surface area contributed by atoms with Crippen molar-refractivity contribution in [2.45, 2.75) is 4.90 Å². The summed E-state index contributed by atoms with van der Waals surface area (Å²) in [6.07, 6.45) is 0. The highest BCUT2D eigenvalue weighted by Crippen LogP contribution is 2.32. The van der Waals surface area contributed by atoms with Crippen molar-refractivity contribution in [3.05, 3.63) is 55.7 Å². The molecule has 1 aliphatic rings. The number of rotatable bonds is 4. The molecule has 1 heterocycles. The Morgan fingerprint density at radius 3 is 2.14 bits per heavy atom. The van der Waals surface area contributed by atoms with Crippen LogP contribution in [-0.4, -0.2) is 44.9 Å². The number of nitrogens with one attached hydrogen (secondary N) is 1. The minimum Gasteiger partial charge on any atom is -0.379 e. The van der Waals surface area contributed by atoms with Gasteiger partial charge in [0.05, 0.1) is 38.9 Å². The lowest BCUT2D eigenvalue weighted by Gasteiger charge is -2.26. The van der Waals surface area contributed by atoms with Gasteiger partial charge in [-0.2, -0.15) is 4.31 Å². The monoisotopic (exact) mass is 500 g/mol. The van der Waals surface area contributed by atoms with Gasteiger partial charge in [0.2, 0.25) is 10.0 Å². The van der Waals surface area contributed by atoms with E-state index in [2.05, 4.69) is 5.32 Å². The molecular formula is C17H13Cl4FN2O4S. The maximum Gasteiger partial charge on any atom is 0.257 e. The van der Waals surface area contributed by atoms with Crippen LogP contribution in [-0.2, 0) is 14.8 Å². The third-order valence-electron chi connectivity index (χ3n) is 4.10. The maximum absolute atomic E-state index is 13.5. The fourth-order valence-electron chi connectivity index (χ4n) is 2.65. The molecule has 156 valence electrons. The zero-order chi connectivity index (χ0) is 21.3. The molecule has 0 spiro atoms. The van der Waals surface area contributed by atoms with Gasteiger partial charge in [-0.25, -0.2) is 12.8 Å². The molecule has 0 unspecified atom stereocenters. The fraction of sp³-hybridized carbons (Fsp3) is 0.235. The molecule has 0 saturated carbocycles. The summed E-state index contributed by atoms with van der Waals surface area (Å²) in [5.74, 6) is -1.57. The summed E-state index contributed by atoms with van der Waals surface area (Å²) in [6.45, 7) is 0.832. The van der Waals surface area contributed by atoms with Crippen molar-refractivity contribution in [2.24, 2.45) is 0 Å². The van der Waals surface area contributed by atoms with Crippen molar-refractivity contribution < 1.29 is 22.3 Å². The zero-order valence-electron chi connectivity index (χ0n) is 14.5. The van der Waals surface area contributed by atoms with Gasteiger partial charge in [-0.1, -0.05) is 46.4 Å². The number of benzene rings is 2. The van der Waals surface area contributed by atoms with Gasteiger partial charge >= 0.3 is 0 Å². The highest BCUT2D eigenvalue weighted by molar-refractivity contribution is 7.89. The lowest BCUT2D eigenvalue weighted by Crippen LogP contribution is -2.40. The number of carbonyl (C=O) groups is 1. The largest absolute Gasteiger partial charge is 0.379 e. The van der Waals surface area contributed by atoms with Crippen LogP contribution < -0.4 is 5.32 Å². The Balaban J connectivity index is 1.96. The second-order valence-corrected chi connectivity index (χ2v) is 9.52. The van der Waals surface area contributed by atoms with E-state index in [4.69, 9.17) is 51.1 Å². The van der Waals surface area contributed by atoms with E-state index in [1.165, 1.54) is 10.4 Å². The zero-order valence-corrected chi connectivity index (χ0v) is 18.4. The number of sulfonamides is 1. The number of halogens is 5. The van der Waals surface area contributed by atoms with Crippen LogP contribution in [0.2, 0.25) is 20.1 Å². The van der Waals surface area contributed by atoms with Crippen molar-refractivity contribution in [3.63, 3.8) is 0 Å². The van der Waals surface area contributed by atoms with E-state index in [1.54, 1.807) is 0 Å². The third kappa shape index (κ3) is 4.80. The summed E-state index contributed by atoms with van der Waals surface area (Å²) < 4.78 is 45.8. The molecular weight excluding hydrogens is 489 g/mol. The van der Waals surface area contributed by atoms with E-state index in [-0.39, 0.29) is 62.5 Å². The van der Waals surface area contributed by atoms with Gasteiger partial charge < -0.3 is 10.1 Å². The maximum atomic E-state index is 13.5. The molecule has 29 heavy (non-hydrogen) atoms. The number of anilines is 1. The van der Waals surface area contributed by atoms with E-state index in [9.17, 15) is 17.6 Å². The molecule has 1 amide bonds. The Morgan fingerprint density at radius 2 is 1.55 bits per heavy atom. The molecule has 2 aromatic rings. The minimum absolute atomic E-state index is 0.0623. The van der Waals surface area contributed by atoms with Crippen molar-refractivity contribution in [2.75, 3.05) is 31.6 Å². The molecule has 1 fully saturated rings. The fourth-order valence-corrected chi connectivity index (χ4v) is 5.38. The predicted molar refractivity (Wildman–Crippen MR) is 110 cm³/mol. The summed E-state index contributed by atoms with van der Waals surface area (Å²) in [6, 6.07) is 4.60. The molecule has 1 aliphatic heterocycles. The predicted octanol–water partition coefficient (Wildman–Crippen LogP) is 4.71. The van der Waals surface area contributed by atoms with Gasteiger partial charge in [-0.3, -0.25) is 4.79 Å². The number of carbonyl (C=O) groups excluding carboxylic acids is 1. The topological polar surface area (TPSA) is 75.7 Å². The first-order chi connectivity index (χ1) is 13.6. The third-order valence-corrected chi connectivity index (χ3v) is 7.32. The average molecular weight is 502 g/mol. The van der Waals surface area contributed by atoms with Gasteiger partial charge in [0.15, 0.2) is 5.82 Å². The first kappa shape index (κ1) is 22.6. The second-order valence-electron chi connectivity index (χ2n) is 5.99. The number of hydrogen-bond acceptors (Lipinski definition) is 4. The first-order valence-electron chi connectivity index (χ1n) is 8.14. The quantitative estimate of drug-likeness (QED) is 0.615. The van der Waals surface area contributed by atoms with Crippen LogP contribution in [0.15, 0.2) is 29.2 Å². The van der Waals surface area contributed by atoms with Crippen molar-refractivity contribution in [1.82, 2.24) is 4.31 Å². The van der Waals surface area contributed by atoms with Crippen molar-refractivity contribution >= 4 is 68.0 Å². The SMILES string of the molecule is O=C(Nc1cc(Cl)c(F)c(Cl)c1)c1cc(S(=O)(=O)N2CCOCC2)c(Cl)cc1Cl. The number of morpholine rings is 1. The standard InChI is InChI=1S/C17H13Cl4FN2O4S/c18-11-8-12(19)15(29(26,27)24-1-3-28-4-2-24)7-10(11)17(25)23-9-5-13(20)16(22)14(21)6-9/h5-8H,1-4H2,(H,23,25). The van der Waals surface area contributed by atoms with E-state index >= 15 is 0 Å². The van der Waals surface area contributed by atoms with Gasteiger partial charge in [-0.05, 0) is 24.3 Å². The van der Waals surface area contributed by atoms with Crippen LogP contribution in [0.5, 0.6) is 0 Å². The van der Waals surface area contributed by atoms with Gasteiger partial charge in [0, 0.05) is 18.8 Å². The average Bonchev–Trinajstić information content (AvgIpc) is 2.66. The van der Waals surface area contributed by atoms with Crippen LogP contribution in [0.3, 0.4) is 0 Å². The summed E-state index contributed by atoms with van der Waals surface area (Å²) in [4.78, 5) is 12.4. The van der Waals surface area contributed by atoms with E-state index in [1.807, 2.05) is 0 Å². The lowest BCUT2D eigenvalue weighted by atomic mass is 10.2. The van der Waals surface area contributed by atoms with Crippen LogP contribution >= 0.6 is 46.4 Å². The van der Waals surface area contributed by atoms with E-state index in [0.29, 0.717) is 0 Å². The normalized spacial score (nSPS) is 15.3. The van der Waals surface area contributed by atoms with Crippen molar-refractivity contribution in [3.8, 4) is 0 Å². The Kier molecular flexibility index (Phi) is 6.95. The van der Waals surface area contributed by atoms with Gasteiger partial charge in [-0.15, -0.1) is 0 Å². The minimum atomic E-state index is -3.97. The summed E-state index contributed by atoms with van der Waals surface area (Å²) in [5, 5.41) is 1.70. The Hall–Kier alpha value is -1.13. The highest BCUT2D eigenvalue weighted by atomic mass is 35.5. The molecule has 2 aromatic carbocycles. The Bertz CT molecular complexity index is 1050. The molecule has 1 saturated heterocycles. The molecule has 0 radical (unpaired) electrons. The summed E-state index contributed by atoms with van der Waals surface area (Å²) in [7, 11) is -3.97. The summed E-state index contributed by atoms with van der Waals surface area (Å²) in [5.41, 5.74) is -0.0329. The number of hydrogen-bond donors (Lipinski definition) is 1. The number of nitrogens with zero attached hydrogens (tertiary/aromatic N) is 1. The smallest absolute Gasteiger partial charge is 0.257 e. The highest BCUT2D eigenvalue weighted by Gasteiger charge is 2.30. The molecule has 1 N–H and O–H groups in total. The molecule has 3 rings (SSSR count). The van der Waals surface area contributed by atoms with Crippen LogP contribution in [0.1, 0.15) is 10.4 Å². The molecule has 6 nitrogen and oxygen atoms in total. The first-order valence-corrected chi connectivity index (χ1v) is 11.1. The number of ether oxygens (including phenoxy) is 1. The molecule has 12 heteroatoms. The molecule has 0 aromatic heterocycles. The lowest BCUT2D eigenvalue weighted by molar-refractivity contribution is 0.0730. The van der Waals surface area contributed by atoms with Crippen LogP contribution in [0, 0.1) is 5.82 Å².